The number of anilines is 1. The molecular weight excluding hydrogens is 194 g/mol. The fraction of sp³-hybridized carbons (Fsp3) is 0.200. The van der Waals surface area contributed by atoms with Crippen LogP contribution in [-0.4, -0.2) is 4.98 Å². The Kier molecular flexibility index (Phi) is 2.10. The number of nitrogens with zero attached hydrogens (tertiary/aromatic N) is 2. The maximum atomic E-state index is 8.78. The Morgan fingerprint density at radius 3 is 3.07 bits per heavy atom. The molecule has 4 heteroatoms. The summed E-state index contributed by atoms with van der Waals surface area (Å²) in [7, 11) is 0. The number of nitriles is 1. The molecule has 2 N–H and O–H groups in total. The first-order valence-corrected chi connectivity index (χ1v) is 5.08. The lowest BCUT2D eigenvalue weighted by molar-refractivity contribution is 0.985. The third-order valence-corrected chi connectivity index (χ3v) is 2.97. The van der Waals surface area contributed by atoms with Crippen LogP contribution in [-0.2, 0) is 0 Å². The lowest BCUT2D eigenvalue weighted by Crippen LogP contribution is -1.87. The fourth-order valence-electron chi connectivity index (χ4n) is 1.30. The van der Waals surface area contributed by atoms with E-state index in [4.69, 9.17) is 11.0 Å². The van der Waals surface area contributed by atoms with Gasteiger partial charge in [-0.05, 0) is 24.6 Å². The van der Waals surface area contributed by atoms with E-state index in [1.165, 1.54) is 11.3 Å². The molecule has 1 aromatic heterocycles. The van der Waals surface area contributed by atoms with Crippen molar-refractivity contribution in [2.75, 3.05) is 5.73 Å². The molecular formula is C10H9N3S. The van der Waals surface area contributed by atoms with Gasteiger partial charge in [-0.3, -0.25) is 0 Å². The van der Waals surface area contributed by atoms with Gasteiger partial charge in [0.1, 0.15) is 0 Å². The summed E-state index contributed by atoms with van der Waals surface area (Å²) in [6.07, 6.45) is 0. The number of thiazole rings is 1. The summed E-state index contributed by atoms with van der Waals surface area (Å²) < 4.78 is 1.04. The third-order valence-electron chi connectivity index (χ3n) is 2.12. The van der Waals surface area contributed by atoms with Gasteiger partial charge in [-0.25, -0.2) is 4.98 Å². The van der Waals surface area contributed by atoms with Crippen molar-refractivity contribution in [3.8, 4) is 6.07 Å². The van der Waals surface area contributed by atoms with Gasteiger partial charge in [0, 0.05) is 0 Å². The van der Waals surface area contributed by atoms with Gasteiger partial charge in [0.2, 0.25) is 0 Å². The molecule has 70 valence electrons. The Morgan fingerprint density at radius 2 is 2.36 bits per heavy atom. The number of rotatable bonds is 1. The van der Waals surface area contributed by atoms with Gasteiger partial charge in [-0.2, -0.15) is 5.26 Å². The quantitative estimate of drug-likeness (QED) is 0.774. The molecule has 0 aliphatic rings. The SMILES string of the molecule is C[C@H](C#N)c1ccc2nc(N)sc2c1. The summed E-state index contributed by atoms with van der Waals surface area (Å²) in [5.74, 6) is -0.0808. The Labute approximate surface area is 85.8 Å². The van der Waals surface area contributed by atoms with Crippen molar-refractivity contribution in [1.29, 1.82) is 5.26 Å². The molecule has 14 heavy (non-hydrogen) atoms. The summed E-state index contributed by atoms with van der Waals surface area (Å²) in [5.41, 5.74) is 7.51. The normalized spacial score (nSPS) is 12.6. The minimum Gasteiger partial charge on any atom is -0.375 e. The molecule has 0 aliphatic carbocycles. The lowest BCUT2D eigenvalue weighted by atomic mass is 10.0. The molecule has 3 nitrogen and oxygen atoms in total. The van der Waals surface area contributed by atoms with Gasteiger partial charge in [0.15, 0.2) is 5.13 Å². The van der Waals surface area contributed by atoms with Crippen LogP contribution in [0.15, 0.2) is 18.2 Å². The molecule has 1 aromatic carbocycles. The molecule has 2 rings (SSSR count). The van der Waals surface area contributed by atoms with Crippen LogP contribution in [0, 0.1) is 11.3 Å². The monoisotopic (exact) mass is 203 g/mol. The molecule has 0 amide bonds. The van der Waals surface area contributed by atoms with Crippen LogP contribution in [0.2, 0.25) is 0 Å². The van der Waals surface area contributed by atoms with Crippen molar-refractivity contribution < 1.29 is 0 Å². The second-order valence-corrected chi connectivity index (χ2v) is 4.19. The second kappa shape index (κ2) is 3.28. The van der Waals surface area contributed by atoms with E-state index in [1.54, 1.807) is 0 Å². The summed E-state index contributed by atoms with van der Waals surface area (Å²) in [5, 5.41) is 9.35. The number of hydrogen-bond acceptors (Lipinski definition) is 4. The molecule has 2 aromatic rings. The molecule has 1 heterocycles. The zero-order valence-corrected chi connectivity index (χ0v) is 8.51. The first-order valence-electron chi connectivity index (χ1n) is 4.26. The average Bonchev–Trinajstić information content (AvgIpc) is 2.55. The van der Waals surface area contributed by atoms with Gasteiger partial charge in [-0.15, -0.1) is 0 Å². The van der Waals surface area contributed by atoms with Crippen molar-refractivity contribution in [3.63, 3.8) is 0 Å². The van der Waals surface area contributed by atoms with Crippen LogP contribution in [0.4, 0.5) is 5.13 Å². The highest BCUT2D eigenvalue weighted by molar-refractivity contribution is 7.22. The molecule has 0 radical (unpaired) electrons. The third kappa shape index (κ3) is 1.42. The van der Waals surface area contributed by atoms with Crippen molar-refractivity contribution >= 4 is 26.7 Å². The van der Waals surface area contributed by atoms with Gasteiger partial charge in [0.05, 0.1) is 22.2 Å². The molecule has 0 aliphatic heterocycles. The molecule has 0 unspecified atom stereocenters. The van der Waals surface area contributed by atoms with E-state index in [2.05, 4.69) is 11.1 Å². The average molecular weight is 203 g/mol. The molecule has 0 bridgehead atoms. The van der Waals surface area contributed by atoms with E-state index < -0.39 is 0 Å². The Bertz CT molecular complexity index is 510. The Balaban J connectivity index is 2.57. The number of benzene rings is 1. The largest absolute Gasteiger partial charge is 0.375 e. The van der Waals surface area contributed by atoms with Gasteiger partial charge >= 0.3 is 0 Å². The van der Waals surface area contributed by atoms with Crippen LogP contribution in [0.25, 0.3) is 10.2 Å². The van der Waals surface area contributed by atoms with E-state index >= 15 is 0 Å². The Hall–Kier alpha value is -1.60. The summed E-state index contributed by atoms with van der Waals surface area (Å²) in [6.45, 7) is 1.88. The first-order chi connectivity index (χ1) is 6.70. The van der Waals surface area contributed by atoms with Crippen LogP contribution < -0.4 is 5.73 Å². The Morgan fingerprint density at radius 1 is 1.57 bits per heavy atom. The predicted molar refractivity (Wildman–Crippen MR) is 58.1 cm³/mol. The van der Waals surface area contributed by atoms with Crippen molar-refractivity contribution in [3.05, 3.63) is 23.8 Å². The summed E-state index contributed by atoms with van der Waals surface area (Å²) >= 11 is 1.45. The molecule has 0 saturated carbocycles. The lowest BCUT2D eigenvalue weighted by Gasteiger charge is -2.00. The topological polar surface area (TPSA) is 62.7 Å². The number of fused-ring (bicyclic) bond motifs is 1. The highest BCUT2D eigenvalue weighted by Crippen LogP contribution is 2.27. The summed E-state index contributed by atoms with van der Waals surface area (Å²) in [4.78, 5) is 4.15. The molecule has 1 atom stereocenters. The standard InChI is InChI=1S/C10H9N3S/c1-6(5-11)7-2-3-8-9(4-7)14-10(12)13-8/h2-4,6H,1H3,(H2,12,13)/t6-/m1/s1. The maximum absolute atomic E-state index is 8.78. The zero-order valence-electron chi connectivity index (χ0n) is 7.69. The summed E-state index contributed by atoms with van der Waals surface area (Å²) in [6, 6.07) is 8.02. The van der Waals surface area contributed by atoms with E-state index in [0.717, 1.165) is 15.8 Å². The minimum atomic E-state index is -0.0808. The van der Waals surface area contributed by atoms with Crippen LogP contribution in [0.3, 0.4) is 0 Å². The van der Waals surface area contributed by atoms with Crippen LogP contribution in [0.5, 0.6) is 0 Å². The highest BCUT2D eigenvalue weighted by Gasteiger charge is 2.06. The number of nitrogen functional groups attached to an aromatic ring is 1. The van der Waals surface area contributed by atoms with Crippen LogP contribution >= 0.6 is 11.3 Å². The number of hydrogen-bond donors (Lipinski definition) is 1. The van der Waals surface area contributed by atoms with E-state index in [9.17, 15) is 0 Å². The zero-order chi connectivity index (χ0) is 10.1. The number of aromatic nitrogens is 1. The van der Waals surface area contributed by atoms with Gasteiger partial charge in [0.25, 0.3) is 0 Å². The van der Waals surface area contributed by atoms with Crippen molar-refractivity contribution in [2.24, 2.45) is 0 Å². The molecule has 0 spiro atoms. The van der Waals surface area contributed by atoms with Crippen molar-refractivity contribution in [2.45, 2.75) is 12.8 Å². The van der Waals surface area contributed by atoms with E-state index in [0.29, 0.717) is 5.13 Å². The molecule has 0 saturated heterocycles. The van der Waals surface area contributed by atoms with Gasteiger partial charge < -0.3 is 5.73 Å². The maximum Gasteiger partial charge on any atom is 0.181 e. The van der Waals surface area contributed by atoms with Gasteiger partial charge in [-0.1, -0.05) is 17.4 Å². The van der Waals surface area contributed by atoms with E-state index in [1.807, 2.05) is 25.1 Å². The predicted octanol–water partition coefficient (Wildman–Crippen LogP) is 2.51. The highest BCUT2D eigenvalue weighted by atomic mass is 32.1. The first kappa shape index (κ1) is 8.97. The minimum absolute atomic E-state index is 0.0808. The van der Waals surface area contributed by atoms with Crippen LogP contribution in [0.1, 0.15) is 18.4 Å². The van der Waals surface area contributed by atoms with E-state index in [-0.39, 0.29) is 5.92 Å². The van der Waals surface area contributed by atoms with Crippen molar-refractivity contribution in [1.82, 2.24) is 4.98 Å². The molecule has 0 fully saturated rings. The second-order valence-electron chi connectivity index (χ2n) is 3.13. The number of nitrogens with two attached hydrogens (primary N) is 1. The smallest absolute Gasteiger partial charge is 0.181 e. The fourth-order valence-corrected chi connectivity index (χ4v) is 2.09.